The van der Waals surface area contributed by atoms with Gasteiger partial charge in [0.05, 0.1) is 11.0 Å². The van der Waals surface area contributed by atoms with Crippen molar-refractivity contribution >= 4 is 23.3 Å². The van der Waals surface area contributed by atoms with Crippen LogP contribution in [-0.4, -0.2) is 19.1 Å². The van der Waals surface area contributed by atoms with Gasteiger partial charge in [-0.15, -0.1) is 0 Å². The SMILES string of the molecule is Cc1ccc2c(c1)[nH]c(=S)n2CCc1nccn1C. The van der Waals surface area contributed by atoms with Crippen LogP contribution >= 0.6 is 12.2 Å². The second kappa shape index (κ2) is 4.66. The lowest BCUT2D eigenvalue weighted by atomic mass is 10.2. The van der Waals surface area contributed by atoms with Gasteiger partial charge in [-0.3, -0.25) is 0 Å². The van der Waals surface area contributed by atoms with Crippen molar-refractivity contribution in [2.75, 3.05) is 0 Å². The van der Waals surface area contributed by atoms with E-state index in [1.165, 1.54) is 5.56 Å². The van der Waals surface area contributed by atoms with Gasteiger partial charge in [0.2, 0.25) is 0 Å². The molecule has 0 amide bonds. The molecule has 2 heterocycles. The number of aryl methyl sites for hydroxylation is 4. The third-order valence-corrected chi connectivity index (χ3v) is 3.73. The molecule has 3 aromatic rings. The van der Waals surface area contributed by atoms with Crippen molar-refractivity contribution in [2.24, 2.45) is 7.05 Å². The molecule has 0 saturated heterocycles. The molecule has 1 aromatic carbocycles. The monoisotopic (exact) mass is 272 g/mol. The zero-order valence-electron chi connectivity index (χ0n) is 11.1. The normalized spacial score (nSPS) is 11.3. The van der Waals surface area contributed by atoms with Crippen molar-refractivity contribution in [1.82, 2.24) is 19.1 Å². The van der Waals surface area contributed by atoms with Gasteiger partial charge >= 0.3 is 0 Å². The highest BCUT2D eigenvalue weighted by molar-refractivity contribution is 7.71. The molecule has 0 aliphatic rings. The van der Waals surface area contributed by atoms with Gasteiger partial charge in [0.15, 0.2) is 4.77 Å². The summed E-state index contributed by atoms with van der Waals surface area (Å²) < 4.78 is 4.95. The molecule has 0 unspecified atom stereocenters. The van der Waals surface area contributed by atoms with Gasteiger partial charge in [-0.1, -0.05) is 6.07 Å². The number of fused-ring (bicyclic) bond motifs is 1. The van der Waals surface area contributed by atoms with Crippen LogP contribution in [0.3, 0.4) is 0 Å². The summed E-state index contributed by atoms with van der Waals surface area (Å²) >= 11 is 5.40. The number of rotatable bonds is 3. The van der Waals surface area contributed by atoms with Gasteiger partial charge in [0.25, 0.3) is 0 Å². The summed E-state index contributed by atoms with van der Waals surface area (Å²) in [6.45, 7) is 2.92. The Morgan fingerprint density at radius 2 is 2.21 bits per heavy atom. The summed E-state index contributed by atoms with van der Waals surface area (Å²) in [4.78, 5) is 7.61. The quantitative estimate of drug-likeness (QED) is 0.744. The molecule has 0 bridgehead atoms. The first-order valence-corrected chi connectivity index (χ1v) is 6.71. The molecule has 98 valence electrons. The average Bonchev–Trinajstić information content (AvgIpc) is 2.90. The molecule has 0 aliphatic heterocycles. The van der Waals surface area contributed by atoms with E-state index < -0.39 is 0 Å². The summed E-state index contributed by atoms with van der Waals surface area (Å²) in [7, 11) is 2.01. The third kappa shape index (κ3) is 2.21. The fraction of sp³-hybridized carbons (Fsp3) is 0.286. The fourth-order valence-electron chi connectivity index (χ4n) is 2.35. The lowest BCUT2D eigenvalue weighted by Gasteiger charge is -2.05. The Balaban J connectivity index is 1.95. The molecular formula is C14H16N4S. The molecule has 0 radical (unpaired) electrons. The highest BCUT2D eigenvalue weighted by atomic mass is 32.1. The molecule has 1 N–H and O–H groups in total. The van der Waals surface area contributed by atoms with Crippen LogP contribution in [0.2, 0.25) is 0 Å². The van der Waals surface area contributed by atoms with Crippen molar-refractivity contribution in [3.63, 3.8) is 0 Å². The maximum Gasteiger partial charge on any atom is 0.178 e. The van der Waals surface area contributed by atoms with Crippen LogP contribution in [0.15, 0.2) is 30.6 Å². The average molecular weight is 272 g/mol. The van der Waals surface area contributed by atoms with Crippen LogP contribution in [0.4, 0.5) is 0 Å². The van der Waals surface area contributed by atoms with Crippen molar-refractivity contribution in [3.05, 3.63) is 46.8 Å². The van der Waals surface area contributed by atoms with Gasteiger partial charge in [-0.25, -0.2) is 4.98 Å². The van der Waals surface area contributed by atoms with E-state index in [-0.39, 0.29) is 0 Å². The Labute approximate surface area is 116 Å². The molecule has 0 atom stereocenters. The van der Waals surface area contributed by atoms with Gasteiger partial charge in [-0.2, -0.15) is 0 Å². The number of benzene rings is 1. The number of imidazole rings is 2. The molecule has 5 heteroatoms. The number of nitrogens with one attached hydrogen (secondary N) is 1. The van der Waals surface area contributed by atoms with E-state index in [1.807, 2.05) is 24.0 Å². The van der Waals surface area contributed by atoms with E-state index >= 15 is 0 Å². The topological polar surface area (TPSA) is 38.5 Å². The van der Waals surface area contributed by atoms with E-state index in [0.717, 1.165) is 34.6 Å². The number of hydrogen-bond donors (Lipinski definition) is 1. The van der Waals surface area contributed by atoms with Crippen molar-refractivity contribution in [2.45, 2.75) is 19.9 Å². The molecular weight excluding hydrogens is 256 g/mol. The Morgan fingerprint density at radius 1 is 1.37 bits per heavy atom. The van der Waals surface area contributed by atoms with Crippen LogP contribution in [0.5, 0.6) is 0 Å². The Bertz CT molecular complexity index is 778. The molecule has 4 nitrogen and oxygen atoms in total. The maximum absolute atomic E-state index is 5.40. The summed E-state index contributed by atoms with van der Waals surface area (Å²) in [6.07, 6.45) is 4.67. The standard InChI is InChI=1S/C14H16N4S/c1-10-3-4-12-11(9-10)16-14(19)18(12)7-5-13-15-6-8-17(13)2/h3-4,6,8-9H,5,7H2,1-2H3,(H,16,19). The predicted molar refractivity (Wildman–Crippen MR) is 78.8 cm³/mol. The number of hydrogen-bond acceptors (Lipinski definition) is 2. The fourth-order valence-corrected chi connectivity index (χ4v) is 2.65. The lowest BCUT2D eigenvalue weighted by Crippen LogP contribution is -2.05. The van der Waals surface area contributed by atoms with Crippen LogP contribution in [0, 0.1) is 11.7 Å². The first-order valence-electron chi connectivity index (χ1n) is 6.30. The van der Waals surface area contributed by atoms with Crippen LogP contribution in [0.25, 0.3) is 11.0 Å². The maximum atomic E-state index is 5.40. The first-order chi connectivity index (χ1) is 9.15. The van der Waals surface area contributed by atoms with Crippen molar-refractivity contribution < 1.29 is 0 Å². The zero-order valence-corrected chi connectivity index (χ0v) is 11.9. The molecule has 2 aromatic heterocycles. The molecule has 0 fully saturated rings. The van der Waals surface area contributed by atoms with Crippen LogP contribution < -0.4 is 0 Å². The lowest BCUT2D eigenvalue weighted by molar-refractivity contribution is 0.657. The van der Waals surface area contributed by atoms with Crippen molar-refractivity contribution in [3.8, 4) is 0 Å². The largest absolute Gasteiger partial charge is 0.338 e. The third-order valence-electron chi connectivity index (χ3n) is 3.41. The van der Waals surface area contributed by atoms with Gasteiger partial charge < -0.3 is 14.1 Å². The molecule has 3 rings (SSSR count). The van der Waals surface area contributed by atoms with Gasteiger partial charge in [0, 0.05) is 32.4 Å². The van der Waals surface area contributed by atoms with Gasteiger partial charge in [0.1, 0.15) is 5.82 Å². The minimum absolute atomic E-state index is 0.773. The van der Waals surface area contributed by atoms with Crippen LogP contribution in [-0.2, 0) is 20.0 Å². The van der Waals surface area contributed by atoms with E-state index in [4.69, 9.17) is 12.2 Å². The second-order valence-corrected chi connectivity index (χ2v) is 5.19. The molecule has 0 spiro atoms. The number of aromatic amines is 1. The molecule has 0 aliphatic carbocycles. The van der Waals surface area contributed by atoms with E-state index in [1.54, 1.807) is 0 Å². The first kappa shape index (κ1) is 12.2. The predicted octanol–water partition coefficient (Wildman–Crippen LogP) is 2.98. The number of aromatic nitrogens is 4. The highest BCUT2D eigenvalue weighted by Crippen LogP contribution is 2.16. The summed E-state index contributed by atoms with van der Waals surface area (Å²) in [5.41, 5.74) is 3.50. The number of H-pyrrole nitrogens is 1. The summed E-state index contributed by atoms with van der Waals surface area (Å²) in [5.74, 6) is 1.07. The zero-order chi connectivity index (χ0) is 13.4. The van der Waals surface area contributed by atoms with Gasteiger partial charge in [-0.05, 0) is 36.8 Å². The Hall–Kier alpha value is -1.88. The highest BCUT2D eigenvalue weighted by Gasteiger charge is 2.06. The molecule has 0 saturated carbocycles. The molecule has 19 heavy (non-hydrogen) atoms. The van der Waals surface area contributed by atoms with E-state index in [0.29, 0.717) is 0 Å². The minimum atomic E-state index is 0.773. The Kier molecular flexibility index (Phi) is 2.98. The van der Waals surface area contributed by atoms with E-state index in [9.17, 15) is 0 Å². The second-order valence-electron chi connectivity index (χ2n) is 4.81. The minimum Gasteiger partial charge on any atom is -0.338 e. The van der Waals surface area contributed by atoms with E-state index in [2.05, 4.69) is 39.7 Å². The Morgan fingerprint density at radius 3 is 2.95 bits per heavy atom. The van der Waals surface area contributed by atoms with Crippen LogP contribution in [0.1, 0.15) is 11.4 Å². The summed E-state index contributed by atoms with van der Waals surface area (Å²) in [5, 5.41) is 0. The van der Waals surface area contributed by atoms with Crippen molar-refractivity contribution in [1.29, 1.82) is 0 Å². The smallest absolute Gasteiger partial charge is 0.178 e. The number of nitrogens with zero attached hydrogens (tertiary/aromatic N) is 3. The summed E-state index contributed by atoms with van der Waals surface area (Å²) in [6, 6.07) is 6.36.